The number of benzene rings is 1. The molecular formula is C12H15Br2NO3S. The lowest BCUT2D eigenvalue weighted by Gasteiger charge is -2.24. The maximum Gasteiger partial charge on any atom is 0.244 e. The maximum atomic E-state index is 12.7. The fourth-order valence-corrected chi connectivity index (χ4v) is 5.55. The van der Waals surface area contributed by atoms with Gasteiger partial charge in [0.15, 0.2) is 0 Å². The van der Waals surface area contributed by atoms with E-state index in [1.165, 1.54) is 4.31 Å². The van der Waals surface area contributed by atoms with Crippen molar-refractivity contribution in [2.24, 2.45) is 0 Å². The van der Waals surface area contributed by atoms with E-state index in [1.54, 1.807) is 18.2 Å². The molecule has 0 saturated carbocycles. The molecule has 0 radical (unpaired) electrons. The molecule has 1 fully saturated rings. The molecule has 1 aromatic carbocycles. The standard InChI is InChI=1S/C12H15Br2NO3S/c13-9-3-4-11(14)12(8-9)19(17,18)15-6-1-2-10(15)5-7-16/h3-4,8,10,16H,1-2,5-7H2. The van der Waals surface area contributed by atoms with Gasteiger partial charge < -0.3 is 5.11 Å². The van der Waals surface area contributed by atoms with Crippen LogP contribution in [-0.2, 0) is 10.0 Å². The highest BCUT2D eigenvalue weighted by Gasteiger charge is 2.35. The topological polar surface area (TPSA) is 57.6 Å². The SMILES string of the molecule is O=S(=O)(c1cc(Br)ccc1Br)N1CCCC1CCO. The molecule has 1 aliphatic heterocycles. The summed E-state index contributed by atoms with van der Waals surface area (Å²) in [5.74, 6) is 0. The zero-order valence-corrected chi connectivity index (χ0v) is 14.2. The molecule has 0 aliphatic carbocycles. The summed E-state index contributed by atoms with van der Waals surface area (Å²) in [5, 5.41) is 9.04. The highest BCUT2D eigenvalue weighted by atomic mass is 79.9. The molecule has 1 heterocycles. The second-order valence-corrected chi connectivity index (χ2v) is 8.13. The Bertz CT molecular complexity index is 562. The molecule has 2 rings (SSSR count). The van der Waals surface area contributed by atoms with Gasteiger partial charge in [-0.15, -0.1) is 0 Å². The summed E-state index contributed by atoms with van der Waals surface area (Å²) in [6.45, 7) is 0.530. The Morgan fingerprint density at radius 2 is 2.11 bits per heavy atom. The lowest BCUT2D eigenvalue weighted by atomic mass is 10.2. The Kier molecular flexibility index (Phi) is 5.05. The summed E-state index contributed by atoms with van der Waals surface area (Å²) < 4.78 is 28.2. The molecule has 4 nitrogen and oxygen atoms in total. The molecular weight excluding hydrogens is 398 g/mol. The minimum atomic E-state index is -3.52. The van der Waals surface area contributed by atoms with Crippen molar-refractivity contribution in [1.82, 2.24) is 4.31 Å². The number of hydrogen-bond acceptors (Lipinski definition) is 3. The molecule has 1 aromatic rings. The third-order valence-electron chi connectivity index (χ3n) is 3.27. The molecule has 0 spiro atoms. The monoisotopic (exact) mass is 411 g/mol. The highest BCUT2D eigenvalue weighted by Crippen LogP contribution is 2.32. The van der Waals surface area contributed by atoms with Crippen LogP contribution in [0.5, 0.6) is 0 Å². The first-order valence-corrected chi connectivity index (χ1v) is 9.07. The third-order valence-corrected chi connectivity index (χ3v) is 6.70. The van der Waals surface area contributed by atoms with E-state index < -0.39 is 10.0 Å². The Morgan fingerprint density at radius 3 is 2.79 bits per heavy atom. The zero-order valence-electron chi connectivity index (χ0n) is 10.2. The third kappa shape index (κ3) is 3.21. The van der Waals surface area contributed by atoms with Gasteiger partial charge in [-0.05, 0) is 53.4 Å². The number of aliphatic hydroxyl groups is 1. The smallest absolute Gasteiger partial charge is 0.244 e. The number of hydrogen-bond donors (Lipinski definition) is 1. The molecule has 19 heavy (non-hydrogen) atoms. The fraction of sp³-hybridized carbons (Fsp3) is 0.500. The second-order valence-electron chi connectivity index (χ2n) is 4.50. The van der Waals surface area contributed by atoms with E-state index in [4.69, 9.17) is 5.11 Å². The second kappa shape index (κ2) is 6.22. The van der Waals surface area contributed by atoms with Gasteiger partial charge in [0.25, 0.3) is 0 Å². The van der Waals surface area contributed by atoms with Crippen molar-refractivity contribution >= 4 is 41.9 Å². The van der Waals surface area contributed by atoms with Gasteiger partial charge in [0.2, 0.25) is 10.0 Å². The first-order valence-electron chi connectivity index (χ1n) is 6.04. The summed E-state index contributed by atoms with van der Waals surface area (Å²) in [7, 11) is -3.52. The average Bonchev–Trinajstić information content (AvgIpc) is 2.81. The fourth-order valence-electron chi connectivity index (χ4n) is 2.36. The van der Waals surface area contributed by atoms with Crippen LogP contribution in [0.4, 0.5) is 0 Å². The molecule has 106 valence electrons. The van der Waals surface area contributed by atoms with Gasteiger partial charge in [-0.25, -0.2) is 8.42 Å². The van der Waals surface area contributed by atoms with Crippen molar-refractivity contribution in [2.45, 2.75) is 30.2 Å². The van der Waals surface area contributed by atoms with E-state index in [9.17, 15) is 8.42 Å². The van der Waals surface area contributed by atoms with Crippen LogP contribution in [0.2, 0.25) is 0 Å². The summed E-state index contributed by atoms with van der Waals surface area (Å²) in [4.78, 5) is 0.270. The van der Waals surface area contributed by atoms with Crippen molar-refractivity contribution < 1.29 is 13.5 Å². The van der Waals surface area contributed by atoms with Crippen LogP contribution in [0.25, 0.3) is 0 Å². The van der Waals surface area contributed by atoms with Gasteiger partial charge in [-0.1, -0.05) is 15.9 Å². The van der Waals surface area contributed by atoms with Crippen LogP contribution in [0.3, 0.4) is 0 Å². The summed E-state index contributed by atoms with van der Waals surface area (Å²) in [6.07, 6.45) is 2.14. The number of aliphatic hydroxyl groups excluding tert-OH is 1. The largest absolute Gasteiger partial charge is 0.396 e. The van der Waals surface area contributed by atoms with Crippen LogP contribution >= 0.6 is 31.9 Å². The van der Waals surface area contributed by atoms with Crippen LogP contribution in [-0.4, -0.2) is 37.0 Å². The van der Waals surface area contributed by atoms with Gasteiger partial charge in [0.05, 0.1) is 4.90 Å². The van der Waals surface area contributed by atoms with Gasteiger partial charge >= 0.3 is 0 Å². The van der Waals surface area contributed by atoms with Crippen molar-refractivity contribution in [1.29, 1.82) is 0 Å². The minimum Gasteiger partial charge on any atom is -0.396 e. The van der Waals surface area contributed by atoms with Crippen LogP contribution in [0.1, 0.15) is 19.3 Å². The zero-order chi connectivity index (χ0) is 14.0. The lowest BCUT2D eigenvalue weighted by Crippen LogP contribution is -2.36. The Morgan fingerprint density at radius 1 is 1.37 bits per heavy atom. The maximum absolute atomic E-state index is 12.7. The van der Waals surface area contributed by atoms with E-state index in [2.05, 4.69) is 31.9 Å². The molecule has 1 saturated heterocycles. The first-order chi connectivity index (χ1) is 8.96. The van der Waals surface area contributed by atoms with Gasteiger partial charge in [-0.2, -0.15) is 4.31 Å². The number of halogens is 2. The number of sulfonamides is 1. The Labute approximate surface area is 130 Å². The van der Waals surface area contributed by atoms with Crippen molar-refractivity contribution in [3.05, 3.63) is 27.1 Å². The van der Waals surface area contributed by atoms with Crippen LogP contribution in [0, 0.1) is 0 Å². The van der Waals surface area contributed by atoms with E-state index in [0.29, 0.717) is 17.4 Å². The lowest BCUT2D eigenvalue weighted by molar-refractivity contribution is 0.246. The van der Waals surface area contributed by atoms with Crippen molar-refractivity contribution in [3.63, 3.8) is 0 Å². The predicted molar refractivity (Wildman–Crippen MR) is 80.5 cm³/mol. The van der Waals surface area contributed by atoms with Crippen molar-refractivity contribution in [3.8, 4) is 0 Å². The average molecular weight is 413 g/mol. The molecule has 1 unspecified atom stereocenters. The van der Waals surface area contributed by atoms with E-state index >= 15 is 0 Å². The Hall–Kier alpha value is 0.0500. The van der Waals surface area contributed by atoms with Gasteiger partial charge in [-0.3, -0.25) is 0 Å². The molecule has 0 aromatic heterocycles. The van der Waals surface area contributed by atoms with E-state index in [-0.39, 0.29) is 17.5 Å². The summed E-state index contributed by atoms with van der Waals surface area (Å²) in [5.41, 5.74) is 0. The van der Waals surface area contributed by atoms with Crippen LogP contribution < -0.4 is 0 Å². The van der Waals surface area contributed by atoms with E-state index in [0.717, 1.165) is 17.3 Å². The van der Waals surface area contributed by atoms with Crippen molar-refractivity contribution in [2.75, 3.05) is 13.2 Å². The molecule has 0 bridgehead atoms. The van der Waals surface area contributed by atoms with Gasteiger partial charge in [0.1, 0.15) is 0 Å². The summed E-state index contributed by atoms with van der Waals surface area (Å²) >= 11 is 6.60. The Balaban J connectivity index is 2.39. The molecule has 1 aliphatic rings. The number of rotatable bonds is 4. The van der Waals surface area contributed by atoms with Crippen LogP contribution in [0.15, 0.2) is 32.0 Å². The highest BCUT2D eigenvalue weighted by molar-refractivity contribution is 9.11. The predicted octanol–water partition coefficient (Wildman–Crippen LogP) is 2.75. The molecule has 7 heteroatoms. The van der Waals surface area contributed by atoms with E-state index in [1.807, 2.05) is 0 Å². The molecule has 0 amide bonds. The normalized spacial score (nSPS) is 20.9. The number of nitrogens with zero attached hydrogens (tertiary/aromatic N) is 1. The first kappa shape index (κ1) is 15.4. The minimum absolute atomic E-state index is 0.0103. The molecule has 1 atom stereocenters. The van der Waals surface area contributed by atoms with Gasteiger partial charge in [0, 0.05) is 28.1 Å². The quantitative estimate of drug-likeness (QED) is 0.827. The summed E-state index contributed by atoms with van der Waals surface area (Å²) in [6, 6.07) is 5.01. The molecule has 1 N–H and O–H groups in total.